The van der Waals surface area contributed by atoms with Crippen LogP contribution in [0.1, 0.15) is 92.4 Å². The van der Waals surface area contributed by atoms with Gasteiger partial charge in [0.1, 0.15) is 30.5 Å². The van der Waals surface area contributed by atoms with Gasteiger partial charge in [-0.15, -0.1) is 0 Å². The van der Waals surface area contributed by atoms with Crippen LogP contribution in [-0.4, -0.2) is 261 Å². The molecule has 5 aliphatic rings. The lowest BCUT2D eigenvalue weighted by Crippen LogP contribution is -2.69. The number of carbonyl (C=O) groups is 2. The first-order valence-corrected chi connectivity index (χ1v) is 29.6. The fourth-order valence-corrected chi connectivity index (χ4v) is 11.2. The van der Waals surface area contributed by atoms with Crippen molar-refractivity contribution in [1.82, 2.24) is 15.1 Å². The molecule has 0 spiro atoms. The molecule has 4 saturated heterocycles. The van der Waals surface area contributed by atoms with Crippen LogP contribution in [0.25, 0.3) is 0 Å². The number of hydrogen-bond donors (Lipinski definition) is 15. The van der Waals surface area contributed by atoms with Gasteiger partial charge in [-0.25, -0.2) is 0 Å². The molecule has 24 nitrogen and oxygen atoms in total. The lowest BCUT2D eigenvalue weighted by Gasteiger charge is -2.48. The molecule has 0 aliphatic carbocycles. The first-order valence-electron chi connectivity index (χ1n) is 29.6. The number of esters is 1. The minimum atomic E-state index is -2.46. The van der Waals surface area contributed by atoms with Crippen molar-refractivity contribution in [2.45, 2.75) is 214 Å². The molecule has 2 bridgehead atoms. The van der Waals surface area contributed by atoms with Crippen LogP contribution >= 0.6 is 0 Å². The molecule has 15 N–H and O–H groups in total. The Labute approximate surface area is 492 Å². The minimum absolute atomic E-state index is 0.124. The number of hydrogen-bond acceptors (Lipinski definition) is 23. The molecule has 0 saturated carbocycles. The van der Waals surface area contributed by atoms with E-state index < -0.39 is 184 Å². The van der Waals surface area contributed by atoms with Gasteiger partial charge in [0.15, 0.2) is 12.1 Å². The number of amides is 1. The van der Waals surface area contributed by atoms with Gasteiger partial charge in [0.2, 0.25) is 11.7 Å². The maximum Gasteiger partial charge on any atom is 0.308 e. The second kappa shape index (κ2) is 34.2. The van der Waals surface area contributed by atoms with Gasteiger partial charge in [-0.1, -0.05) is 106 Å². The van der Waals surface area contributed by atoms with Gasteiger partial charge in [-0.05, 0) is 46.1 Å². The van der Waals surface area contributed by atoms with Crippen molar-refractivity contribution in [3.8, 4) is 0 Å². The number of fused-ring (bicyclic) bond motifs is 2. The summed E-state index contributed by atoms with van der Waals surface area (Å²) in [6.07, 6.45) is -1.68. The molecule has 84 heavy (non-hydrogen) atoms. The first-order chi connectivity index (χ1) is 39.8. The zero-order chi connectivity index (χ0) is 61.9. The third kappa shape index (κ3) is 21.3. The second-order valence-corrected chi connectivity index (χ2v) is 23.4. The van der Waals surface area contributed by atoms with Crippen molar-refractivity contribution in [2.75, 3.05) is 45.9 Å². The van der Waals surface area contributed by atoms with Crippen LogP contribution < -0.4 is 5.32 Å². The summed E-state index contributed by atoms with van der Waals surface area (Å²) in [7, 11) is 0. The summed E-state index contributed by atoms with van der Waals surface area (Å²) in [6, 6.07) is -1.34. The van der Waals surface area contributed by atoms with Gasteiger partial charge < -0.3 is 105 Å². The number of piperazine rings is 1. The maximum absolute atomic E-state index is 14.7. The lowest BCUT2D eigenvalue weighted by molar-refractivity contribution is -0.323. The van der Waals surface area contributed by atoms with Gasteiger partial charge in [-0.2, -0.15) is 0 Å². The maximum atomic E-state index is 14.7. The highest BCUT2D eigenvalue weighted by Gasteiger charge is 2.53. The third-order valence-electron chi connectivity index (χ3n) is 16.5. The molecular weight excluding hydrogens is 1100 g/mol. The number of aliphatic hydroxyl groups is 14. The Hall–Kier alpha value is -3.68. The van der Waals surface area contributed by atoms with E-state index >= 15 is 0 Å². The molecule has 24 heteroatoms. The highest BCUT2D eigenvalue weighted by Crippen LogP contribution is 2.39. The van der Waals surface area contributed by atoms with E-state index in [-0.39, 0.29) is 31.6 Å². The molecule has 5 heterocycles. The largest absolute Gasteiger partial charge is 0.462 e. The van der Waals surface area contributed by atoms with Crippen molar-refractivity contribution >= 4 is 11.9 Å². The summed E-state index contributed by atoms with van der Waals surface area (Å²) in [5.74, 6) is -8.11. The highest BCUT2D eigenvalue weighted by atomic mass is 16.7. The van der Waals surface area contributed by atoms with E-state index in [1.165, 1.54) is 6.92 Å². The lowest BCUT2D eigenvalue weighted by atomic mass is 9.81. The standard InChI is InChI=1S/C60H97N3O21/c1-6-23-62-24-26-63(27-25-62)57(77)50-46(69)33-59(78)32-42(66)29-45(68)44(67)22-21-40(64)28-41(65)30-49(71)81-38(4)37(3)52(72)36(2)19-17-15-13-11-9-7-8-10-12-14-16-18-20-43(31-48(50)84-59)83-58-55(75)51(53(73)39(5)82-58)61-35-60(79)56(76)54(74)47(70)34-80-60/h7-20,36-48,50-56,58,61,64-70,72-76,78-79H,6,21-35H2,1-5H3/b8-7+,11-9+,12-10+,15-13+,16-14+,19-17+,20-18+/t36-,37?,38-,39+,40+,41+,42-,43-,44+,45+,46-,47+,48?,50?,51-,52+,53+,54+,55-,56-,58?,59+,60+/m0/s1. The Morgan fingerprint density at radius 1 is 0.655 bits per heavy atom. The van der Waals surface area contributed by atoms with E-state index in [4.69, 9.17) is 23.7 Å². The molecule has 4 fully saturated rings. The average Bonchev–Trinajstić information content (AvgIpc) is 2.91. The number of allylic oxidation sites excluding steroid dienone is 12. The molecule has 0 aromatic heterocycles. The number of nitrogens with zero attached hydrogens (tertiary/aromatic N) is 2. The van der Waals surface area contributed by atoms with Crippen LogP contribution in [0.2, 0.25) is 0 Å². The van der Waals surface area contributed by atoms with Gasteiger partial charge >= 0.3 is 5.97 Å². The SMILES string of the molecule is CCCN1CCN(C(=O)C2C3C[C@@H](OC4O[C@H](C)[C@@H](O)[C@H](NC[C@@]5(O)OC[C@@H](O)[C@@H](O)[C@@H]5O)[C@@H]4O)/C=C/C=C/C=C/C=C/C=C/C=C/C=C/[C@H](C)[C@@H](O)C(C)[C@H](C)OC(=O)C[C@H](O)C[C@H](O)CC[C@@H](O)[C@H](O)C[C@H](O)C[C@](O)(C[C@@H]2O)O3)CC1. The molecule has 5 aliphatic heterocycles. The van der Waals surface area contributed by atoms with Gasteiger partial charge in [0.05, 0.1) is 98.7 Å². The summed E-state index contributed by atoms with van der Waals surface area (Å²) in [6.45, 7) is 10.2. The Morgan fingerprint density at radius 2 is 1.26 bits per heavy atom. The van der Waals surface area contributed by atoms with Crippen molar-refractivity contribution < 1.29 is 105 Å². The van der Waals surface area contributed by atoms with Crippen LogP contribution in [-0.2, 0) is 33.3 Å². The first kappa shape index (κ1) is 71.1. The number of nitrogens with one attached hydrogen (secondary N) is 1. The van der Waals surface area contributed by atoms with Crippen LogP contribution in [0.5, 0.6) is 0 Å². The summed E-state index contributed by atoms with van der Waals surface area (Å²) in [5, 5.41) is 158. The predicted molar refractivity (Wildman–Crippen MR) is 305 cm³/mol. The molecule has 4 unspecified atom stereocenters. The normalized spacial score (nSPS) is 44.8. The quantitative estimate of drug-likeness (QED) is 0.124. The Bertz CT molecular complexity index is 2210. The molecule has 1 amide bonds. The molecule has 0 radical (unpaired) electrons. The molecule has 23 atom stereocenters. The van der Waals surface area contributed by atoms with Crippen LogP contribution in [0, 0.1) is 17.8 Å². The Morgan fingerprint density at radius 3 is 1.88 bits per heavy atom. The summed E-state index contributed by atoms with van der Waals surface area (Å²) < 4.78 is 29.7. The smallest absolute Gasteiger partial charge is 0.308 e. The summed E-state index contributed by atoms with van der Waals surface area (Å²) >= 11 is 0. The van der Waals surface area contributed by atoms with E-state index in [1.807, 2.05) is 13.0 Å². The zero-order valence-electron chi connectivity index (χ0n) is 49.0. The van der Waals surface area contributed by atoms with Gasteiger partial charge in [-0.3, -0.25) is 14.5 Å². The Balaban J connectivity index is 1.44. The number of ether oxygens (including phenoxy) is 5. The van der Waals surface area contributed by atoms with Crippen LogP contribution in [0.3, 0.4) is 0 Å². The van der Waals surface area contributed by atoms with E-state index in [2.05, 4.69) is 17.1 Å². The van der Waals surface area contributed by atoms with Gasteiger partial charge in [0, 0.05) is 63.7 Å². The average molecular weight is 1200 g/mol. The zero-order valence-corrected chi connectivity index (χ0v) is 49.0. The summed E-state index contributed by atoms with van der Waals surface area (Å²) in [4.78, 5) is 31.3. The van der Waals surface area contributed by atoms with E-state index in [0.29, 0.717) is 26.2 Å². The number of aliphatic hydroxyl groups excluding tert-OH is 12. The minimum Gasteiger partial charge on any atom is -0.462 e. The van der Waals surface area contributed by atoms with E-state index in [0.717, 1.165) is 13.0 Å². The predicted octanol–water partition coefficient (Wildman–Crippen LogP) is -1.39. The summed E-state index contributed by atoms with van der Waals surface area (Å²) in [5.41, 5.74) is 0. The second-order valence-electron chi connectivity index (χ2n) is 23.4. The molecular formula is C60H97N3O21. The molecule has 478 valence electrons. The third-order valence-corrected chi connectivity index (χ3v) is 16.5. The van der Waals surface area contributed by atoms with E-state index in [9.17, 15) is 81.1 Å². The molecule has 0 aromatic carbocycles. The monoisotopic (exact) mass is 1200 g/mol. The van der Waals surface area contributed by atoms with Gasteiger partial charge in [0.25, 0.3) is 0 Å². The Kier molecular flexibility index (Phi) is 28.9. The van der Waals surface area contributed by atoms with E-state index in [1.54, 1.807) is 97.7 Å². The number of rotatable bonds is 8. The molecule has 0 aromatic rings. The fourth-order valence-electron chi connectivity index (χ4n) is 11.2. The number of carbonyl (C=O) groups excluding carboxylic acids is 2. The van der Waals surface area contributed by atoms with Crippen molar-refractivity contribution in [1.29, 1.82) is 0 Å². The van der Waals surface area contributed by atoms with Crippen molar-refractivity contribution in [3.05, 3.63) is 85.1 Å². The topological polar surface area (TPSA) is 382 Å². The van der Waals surface area contributed by atoms with Crippen LogP contribution in [0.4, 0.5) is 0 Å². The number of cyclic esters (lactones) is 1. The molecule has 5 rings (SSSR count). The van der Waals surface area contributed by atoms with Crippen molar-refractivity contribution in [3.63, 3.8) is 0 Å². The highest BCUT2D eigenvalue weighted by molar-refractivity contribution is 5.80. The van der Waals surface area contributed by atoms with Crippen LogP contribution in [0.15, 0.2) is 85.1 Å². The fraction of sp³-hybridized carbons (Fsp3) is 0.733. The van der Waals surface area contributed by atoms with Crippen molar-refractivity contribution in [2.24, 2.45) is 17.8 Å².